The van der Waals surface area contributed by atoms with Crippen molar-refractivity contribution in [3.8, 4) is 0 Å². The zero-order valence-electron chi connectivity index (χ0n) is 11.4. The predicted molar refractivity (Wildman–Crippen MR) is 87.9 cm³/mol. The highest BCUT2D eigenvalue weighted by atomic mass is 79.9. The molecule has 0 unspecified atom stereocenters. The van der Waals surface area contributed by atoms with Crippen molar-refractivity contribution in [1.29, 1.82) is 0 Å². The van der Waals surface area contributed by atoms with Crippen LogP contribution in [-0.2, 0) is 10.0 Å². The molecule has 2 aromatic rings. The van der Waals surface area contributed by atoms with Gasteiger partial charge in [-0.15, -0.1) is 0 Å². The van der Waals surface area contributed by atoms with Crippen LogP contribution in [0.5, 0.6) is 0 Å². The van der Waals surface area contributed by atoms with Crippen molar-refractivity contribution in [1.82, 2.24) is 4.72 Å². The van der Waals surface area contributed by atoms with E-state index in [1.54, 1.807) is 30.3 Å². The monoisotopic (exact) mass is 401 g/mol. The molecule has 0 atom stereocenters. The topological polar surface area (TPSA) is 83.5 Å². The zero-order chi connectivity index (χ0) is 16.3. The SMILES string of the molecule is CNS(=O)(=O)c1cc(Br)ccc1Sc1ccccc1C(=O)O. The Bertz CT molecular complexity index is 821. The number of benzene rings is 2. The molecule has 0 aromatic heterocycles. The maximum Gasteiger partial charge on any atom is 0.336 e. The molecule has 0 radical (unpaired) electrons. The molecule has 0 saturated carbocycles. The van der Waals surface area contributed by atoms with Gasteiger partial charge >= 0.3 is 5.97 Å². The quantitative estimate of drug-likeness (QED) is 0.803. The maximum atomic E-state index is 12.1. The second-order valence-electron chi connectivity index (χ2n) is 4.20. The lowest BCUT2D eigenvalue weighted by atomic mass is 10.2. The zero-order valence-corrected chi connectivity index (χ0v) is 14.6. The van der Waals surface area contributed by atoms with Gasteiger partial charge in [0.15, 0.2) is 0 Å². The lowest BCUT2D eigenvalue weighted by Crippen LogP contribution is -2.19. The molecule has 2 rings (SSSR count). The average Bonchev–Trinajstić information content (AvgIpc) is 2.49. The first-order valence-corrected chi connectivity index (χ1v) is 9.17. The van der Waals surface area contributed by atoms with E-state index in [2.05, 4.69) is 20.7 Å². The fraction of sp³-hybridized carbons (Fsp3) is 0.0714. The fourth-order valence-electron chi connectivity index (χ4n) is 1.74. The normalized spacial score (nSPS) is 11.4. The van der Waals surface area contributed by atoms with Crippen LogP contribution in [-0.4, -0.2) is 26.5 Å². The van der Waals surface area contributed by atoms with Crippen LogP contribution in [0.15, 0.2) is 61.6 Å². The van der Waals surface area contributed by atoms with E-state index in [4.69, 9.17) is 0 Å². The fourth-order valence-corrected chi connectivity index (χ4v) is 4.48. The highest BCUT2D eigenvalue weighted by Crippen LogP contribution is 2.36. The van der Waals surface area contributed by atoms with Gasteiger partial charge in [0, 0.05) is 14.3 Å². The summed E-state index contributed by atoms with van der Waals surface area (Å²) in [5.74, 6) is -1.06. The van der Waals surface area contributed by atoms with Gasteiger partial charge in [0.05, 0.1) is 10.5 Å². The van der Waals surface area contributed by atoms with Crippen molar-refractivity contribution in [3.63, 3.8) is 0 Å². The molecule has 5 nitrogen and oxygen atoms in total. The smallest absolute Gasteiger partial charge is 0.336 e. The van der Waals surface area contributed by atoms with Crippen LogP contribution in [0.3, 0.4) is 0 Å². The molecule has 0 saturated heterocycles. The summed E-state index contributed by atoms with van der Waals surface area (Å²) >= 11 is 4.34. The van der Waals surface area contributed by atoms with Gasteiger partial charge in [-0.05, 0) is 37.4 Å². The Morgan fingerprint density at radius 2 is 1.86 bits per heavy atom. The molecule has 2 N–H and O–H groups in total. The number of halogens is 1. The van der Waals surface area contributed by atoms with E-state index in [1.807, 2.05) is 0 Å². The minimum Gasteiger partial charge on any atom is -0.478 e. The molecule has 8 heteroatoms. The number of carboxylic acids is 1. The Morgan fingerprint density at radius 1 is 1.18 bits per heavy atom. The van der Waals surface area contributed by atoms with Crippen LogP contribution in [0.4, 0.5) is 0 Å². The largest absolute Gasteiger partial charge is 0.478 e. The highest BCUT2D eigenvalue weighted by molar-refractivity contribution is 9.10. The van der Waals surface area contributed by atoms with Crippen LogP contribution >= 0.6 is 27.7 Å². The summed E-state index contributed by atoms with van der Waals surface area (Å²) in [6.45, 7) is 0. The number of sulfonamides is 1. The minimum atomic E-state index is -3.65. The lowest BCUT2D eigenvalue weighted by molar-refractivity contribution is 0.0693. The molecule has 116 valence electrons. The van der Waals surface area contributed by atoms with Crippen molar-refractivity contribution >= 4 is 43.7 Å². The number of aromatic carboxylic acids is 1. The Labute approximate surface area is 140 Å². The van der Waals surface area contributed by atoms with Gasteiger partial charge < -0.3 is 5.11 Å². The molecule has 0 spiro atoms. The van der Waals surface area contributed by atoms with Crippen molar-refractivity contribution < 1.29 is 18.3 Å². The van der Waals surface area contributed by atoms with E-state index >= 15 is 0 Å². The molecule has 0 aliphatic carbocycles. The summed E-state index contributed by atoms with van der Waals surface area (Å²) in [4.78, 5) is 12.3. The molecule has 0 aliphatic heterocycles. The van der Waals surface area contributed by atoms with Gasteiger partial charge in [0.2, 0.25) is 10.0 Å². The van der Waals surface area contributed by atoms with E-state index in [9.17, 15) is 18.3 Å². The van der Waals surface area contributed by atoms with E-state index in [-0.39, 0.29) is 10.5 Å². The third-order valence-electron chi connectivity index (χ3n) is 2.80. The van der Waals surface area contributed by atoms with Gasteiger partial charge in [-0.2, -0.15) is 0 Å². The summed E-state index contributed by atoms with van der Waals surface area (Å²) in [7, 11) is -2.32. The van der Waals surface area contributed by atoms with Crippen molar-refractivity contribution in [3.05, 3.63) is 52.5 Å². The van der Waals surface area contributed by atoms with Crippen molar-refractivity contribution in [2.75, 3.05) is 7.05 Å². The Hall–Kier alpha value is -1.35. The second kappa shape index (κ2) is 6.82. The van der Waals surface area contributed by atoms with Crippen LogP contribution < -0.4 is 4.72 Å². The third-order valence-corrected chi connectivity index (χ3v) is 6.03. The van der Waals surface area contributed by atoms with Gasteiger partial charge in [-0.1, -0.05) is 39.8 Å². The highest BCUT2D eigenvalue weighted by Gasteiger charge is 2.19. The van der Waals surface area contributed by atoms with Gasteiger partial charge in [0.25, 0.3) is 0 Å². The van der Waals surface area contributed by atoms with Gasteiger partial charge in [-0.25, -0.2) is 17.9 Å². The first-order chi connectivity index (χ1) is 10.3. The molecule has 2 aromatic carbocycles. The first kappa shape index (κ1) is 17.0. The van der Waals surface area contributed by atoms with Crippen LogP contribution in [0.25, 0.3) is 0 Å². The van der Waals surface area contributed by atoms with Gasteiger partial charge in [0.1, 0.15) is 0 Å². The first-order valence-electron chi connectivity index (χ1n) is 6.08. The van der Waals surface area contributed by atoms with Crippen LogP contribution in [0.1, 0.15) is 10.4 Å². The standard InChI is InChI=1S/C14H12BrNO4S2/c1-16-22(19,20)13-8-9(15)6-7-12(13)21-11-5-3-2-4-10(11)14(17)18/h2-8,16H,1H3,(H,17,18). The lowest BCUT2D eigenvalue weighted by Gasteiger charge is -2.11. The van der Waals surface area contributed by atoms with Gasteiger partial charge in [-0.3, -0.25) is 0 Å². The second-order valence-corrected chi connectivity index (χ2v) is 8.06. The average molecular weight is 402 g/mol. The summed E-state index contributed by atoms with van der Waals surface area (Å²) < 4.78 is 27.1. The predicted octanol–water partition coefficient (Wildman–Crippen LogP) is 3.21. The molecule has 0 heterocycles. The molecule has 22 heavy (non-hydrogen) atoms. The summed E-state index contributed by atoms with van der Waals surface area (Å²) in [5, 5.41) is 9.21. The number of carbonyl (C=O) groups is 1. The summed E-state index contributed by atoms with van der Waals surface area (Å²) in [5.41, 5.74) is 0.128. The molecular weight excluding hydrogens is 390 g/mol. The van der Waals surface area contributed by atoms with Crippen LogP contribution in [0.2, 0.25) is 0 Å². The molecule has 0 aliphatic rings. The number of carboxylic acid groups (broad SMARTS) is 1. The maximum absolute atomic E-state index is 12.1. The number of hydrogen-bond donors (Lipinski definition) is 2. The van der Waals surface area contributed by atoms with E-state index in [0.717, 1.165) is 11.8 Å². The van der Waals surface area contributed by atoms with Crippen LogP contribution in [0, 0.1) is 0 Å². The Morgan fingerprint density at radius 3 is 2.50 bits per heavy atom. The van der Waals surface area contributed by atoms with E-state index < -0.39 is 16.0 Å². The Kier molecular flexibility index (Phi) is 5.28. The molecule has 0 amide bonds. The number of rotatable bonds is 5. The summed E-state index contributed by atoms with van der Waals surface area (Å²) in [6, 6.07) is 11.3. The molecular formula is C14H12BrNO4S2. The number of hydrogen-bond acceptors (Lipinski definition) is 4. The Balaban J connectivity index is 2.54. The molecule has 0 bridgehead atoms. The minimum absolute atomic E-state index is 0.0922. The number of nitrogens with one attached hydrogen (secondary N) is 1. The van der Waals surface area contributed by atoms with Crippen molar-refractivity contribution in [2.24, 2.45) is 0 Å². The van der Waals surface area contributed by atoms with Crippen molar-refractivity contribution in [2.45, 2.75) is 14.7 Å². The third kappa shape index (κ3) is 3.70. The van der Waals surface area contributed by atoms with E-state index in [0.29, 0.717) is 14.3 Å². The van der Waals surface area contributed by atoms with E-state index in [1.165, 1.54) is 19.2 Å². The summed E-state index contributed by atoms with van der Waals surface area (Å²) in [6.07, 6.45) is 0. The molecule has 0 fully saturated rings.